The van der Waals surface area contributed by atoms with Crippen LogP contribution in [0.2, 0.25) is 0 Å². The van der Waals surface area contributed by atoms with E-state index in [1.54, 1.807) is 6.20 Å². The minimum Gasteiger partial charge on any atom is -0.325 e. The molecule has 0 fully saturated rings. The lowest BCUT2D eigenvalue weighted by Crippen LogP contribution is -2.10. The van der Waals surface area contributed by atoms with E-state index < -0.39 is 0 Å². The van der Waals surface area contributed by atoms with Crippen LogP contribution in [-0.4, -0.2) is 10.9 Å². The Morgan fingerprint density at radius 3 is 2.77 bits per heavy atom. The fourth-order valence-corrected chi connectivity index (χ4v) is 1.07. The zero-order valence-electron chi connectivity index (χ0n) is 8.22. The summed E-state index contributed by atoms with van der Waals surface area (Å²) >= 11 is 0. The Hall–Kier alpha value is -1.38. The Labute approximate surface area is 78.2 Å². The van der Waals surface area contributed by atoms with Crippen molar-refractivity contribution in [1.29, 1.82) is 0 Å². The number of rotatable bonds is 2. The Balaban J connectivity index is 2.83. The number of amides is 1. The lowest BCUT2D eigenvalue weighted by Gasteiger charge is -2.06. The van der Waals surface area contributed by atoms with Crippen LogP contribution in [0, 0.1) is 13.8 Å². The molecule has 0 radical (unpaired) electrons. The van der Waals surface area contributed by atoms with Crippen LogP contribution in [0.4, 0.5) is 5.69 Å². The first-order valence-electron chi connectivity index (χ1n) is 4.36. The van der Waals surface area contributed by atoms with Gasteiger partial charge in [0.2, 0.25) is 5.91 Å². The van der Waals surface area contributed by atoms with Crippen molar-refractivity contribution in [2.24, 2.45) is 0 Å². The van der Waals surface area contributed by atoms with Gasteiger partial charge in [-0.3, -0.25) is 9.78 Å². The molecule has 3 heteroatoms. The van der Waals surface area contributed by atoms with Gasteiger partial charge in [0.1, 0.15) is 0 Å². The van der Waals surface area contributed by atoms with Gasteiger partial charge in [-0.15, -0.1) is 0 Å². The molecule has 0 aliphatic heterocycles. The number of aromatic nitrogens is 1. The van der Waals surface area contributed by atoms with Crippen molar-refractivity contribution in [3.63, 3.8) is 0 Å². The van der Waals surface area contributed by atoms with E-state index in [4.69, 9.17) is 0 Å². The van der Waals surface area contributed by atoms with Gasteiger partial charge in [0.05, 0.1) is 11.9 Å². The number of anilines is 1. The predicted octanol–water partition coefficient (Wildman–Crippen LogP) is 2.05. The maximum Gasteiger partial charge on any atom is 0.224 e. The molecule has 70 valence electrons. The SMILES string of the molecule is CCC(=O)Nc1cnc(C)cc1C. The van der Waals surface area contributed by atoms with Crippen molar-refractivity contribution >= 4 is 11.6 Å². The zero-order valence-corrected chi connectivity index (χ0v) is 8.22. The summed E-state index contributed by atoms with van der Waals surface area (Å²) < 4.78 is 0. The highest BCUT2D eigenvalue weighted by molar-refractivity contribution is 5.90. The van der Waals surface area contributed by atoms with Crippen molar-refractivity contribution < 1.29 is 4.79 Å². The summed E-state index contributed by atoms with van der Waals surface area (Å²) in [6.07, 6.45) is 2.19. The number of carbonyl (C=O) groups excluding carboxylic acids is 1. The highest BCUT2D eigenvalue weighted by Crippen LogP contribution is 2.13. The lowest BCUT2D eigenvalue weighted by molar-refractivity contribution is -0.115. The second-order valence-corrected chi connectivity index (χ2v) is 3.04. The first kappa shape index (κ1) is 9.71. The summed E-state index contributed by atoms with van der Waals surface area (Å²) in [4.78, 5) is 15.2. The molecule has 1 rings (SSSR count). The van der Waals surface area contributed by atoms with E-state index in [9.17, 15) is 4.79 Å². The molecule has 0 saturated carbocycles. The number of pyridine rings is 1. The van der Waals surface area contributed by atoms with E-state index in [-0.39, 0.29) is 5.91 Å². The average molecular weight is 178 g/mol. The van der Waals surface area contributed by atoms with E-state index in [0.717, 1.165) is 16.9 Å². The second-order valence-electron chi connectivity index (χ2n) is 3.04. The quantitative estimate of drug-likeness (QED) is 0.753. The minimum atomic E-state index is 0.0220. The highest BCUT2D eigenvalue weighted by Gasteiger charge is 2.02. The molecule has 0 aromatic carbocycles. The van der Waals surface area contributed by atoms with E-state index >= 15 is 0 Å². The van der Waals surface area contributed by atoms with Crippen molar-refractivity contribution in [3.05, 3.63) is 23.5 Å². The fraction of sp³-hybridized carbons (Fsp3) is 0.400. The van der Waals surface area contributed by atoms with Gasteiger partial charge in [-0.1, -0.05) is 6.92 Å². The number of nitrogens with zero attached hydrogens (tertiary/aromatic N) is 1. The summed E-state index contributed by atoms with van der Waals surface area (Å²) in [5.74, 6) is 0.0220. The summed E-state index contributed by atoms with van der Waals surface area (Å²) in [7, 11) is 0. The Morgan fingerprint density at radius 1 is 1.54 bits per heavy atom. The molecule has 1 aromatic heterocycles. The lowest BCUT2D eigenvalue weighted by atomic mass is 10.2. The van der Waals surface area contributed by atoms with Gasteiger partial charge >= 0.3 is 0 Å². The third kappa shape index (κ3) is 2.54. The first-order chi connectivity index (χ1) is 6.13. The fourth-order valence-electron chi connectivity index (χ4n) is 1.07. The van der Waals surface area contributed by atoms with Gasteiger partial charge in [-0.2, -0.15) is 0 Å². The summed E-state index contributed by atoms with van der Waals surface area (Å²) in [5.41, 5.74) is 2.82. The van der Waals surface area contributed by atoms with Crippen LogP contribution in [0.25, 0.3) is 0 Å². The van der Waals surface area contributed by atoms with Crippen molar-refractivity contribution in [2.45, 2.75) is 27.2 Å². The van der Waals surface area contributed by atoms with E-state index in [1.165, 1.54) is 0 Å². The summed E-state index contributed by atoms with van der Waals surface area (Å²) in [6, 6.07) is 1.95. The van der Waals surface area contributed by atoms with E-state index in [0.29, 0.717) is 6.42 Å². The molecule has 0 saturated heterocycles. The van der Waals surface area contributed by atoms with Crippen LogP contribution in [0.3, 0.4) is 0 Å². The van der Waals surface area contributed by atoms with Crippen molar-refractivity contribution in [1.82, 2.24) is 4.98 Å². The molecule has 0 atom stereocenters. The summed E-state index contributed by atoms with van der Waals surface area (Å²) in [5, 5.41) is 2.79. The molecule has 0 aliphatic rings. The highest BCUT2D eigenvalue weighted by atomic mass is 16.1. The van der Waals surface area contributed by atoms with Gasteiger partial charge in [-0.25, -0.2) is 0 Å². The third-order valence-corrected chi connectivity index (χ3v) is 1.84. The molecule has 1 aromatic rings. The number of carbonyl (C=O) groups is 1. The predicted molar refractivity (Wildman–Crippen MR) is 52.6 cm³/mol. The Morgan fingerprint density at radius 2 is 2.23 bits per heavy atom. The van der Waals surface area contributed by atoms with Gasteiger partial charge in [0, 0.05) is 12.1 Å². The molecule has 0 spiro atoms. The maximum absolute atomic E-state index is 11.1. The number of nitrogens with one attached hydrogen (secondary N) is 1. The van der Waals surface area contributed by atoms with Crippen LogP contribution in [0.5, 0.6) is 0 Å². The molecular weight excluding hydrogens is 164 g/mol. The molecule has 3 nitrogen and oxygen atoms in total. The van der Waals surface area contributed by atoms with E-state index in [2.05, 4.69) is 10.3 Å². The largest absolute Gasteiger partial charge is 0.325 e. The topological polar surface area (TPSA) is 42.0 Å². The Bertz CT molecular complexity index is 321. The van der Waals surface area contributed by atoms with E-state index in [1.807, 2.05) is 26.8 Å². The standard InChI is InChI=1S/C10H14N2O/c1-4-10(13)12-9-6-11-8(3)5-7(9)2/h5-6H,4H2,1-3H3,(H,12,13). The molecule has 0 bridgehead atoms. The van der Waals surface area contributed by atoms with Gasteiger partial charge < -0.3 is 5.32 Å². The molecule has 1 amide bonds. The summed E-state index contributed by atoms with van der Waals surface area (Å²) in [6.45, 7) is 5.71. The molecule has 1 heterocycles. The number of hydrogen-bond donors (Lipinski definition) is 1. The van der Waals surface area contributed by atoms with Crippen LogP contribution in [0.15, 0.2) is 12.3 Å². The second kappa shape index (κ2) is 4.03. The average Bonchev–Trinajstić information content (AvgIpc) is 2.09. The normalized spacial score (nSPS) is 9.77. The zero-order chi connectivity index (χ0) is 9.84. The molecule has 0 unspecified atom stereocenters. The molecule has 1 N–H and O–H groups in total. The maximum atomic E-state index is 11.1. The van der Waals surface area contributed by atoms with Crippen molar-refractivity contribution in [3.8, 4) is 0 Å². The molecular formula is C10H14N2O. The Kier molecular flexibility index (Phi) is 3.01. The van der Waals surface area contributed by atoms with Crippen LogP contribution in [0.1, 0.15) is 24.6 Å². The minimum absolute atomic E-state index is 0.0220. The van der Waals surface area contributed by atoms with Gasteiger partial charge in [0.15, 0.2) is 0 Å². The molecule has 13 heavy (non-hydrogen) atoms. The number of hydrogen-bond acceptors (Lipinski definition) is 2. The van der Waals surface area contributed by atoms with Gasteiger partial charge in [0.25, 0.3) is 0 Å². The smallest absolute Gasteiger partial charge is 0.224 e. The monoisotopic (exact) mass is 178 g/mol. The first-order valence-corrected chi connectivity index (χ1v) is 4.36. The third-order valence-electron chi connectivity index (χ3n) is 1.84. The van der Waals surface area contributed by atoms with Crippen LogP contribution in [-0.2, 0) is 4.79 Å². The van der Waals surface area contributed by atoms with Crippen LogP contribution < -0.4 is 5.32 Å². The number of aryl methyl sites for hydroxylation is 2. The van der Waals surface area contributed by atoms with Crippen molar-refractivity contribution in [2.75, 3.05) is 5.32 Å². The van der Waals surface area contributed by atoms with Gasteiger partial charge in [-0.05, 0) is 25.5 Å². The van der Waals surface area contributed by atoms with Crippen LogP contribution >= 0.6 is 0 Å². The molecule has 0 aliphatic carbocycles.